The maximum Gasteiger partial charge on any atom is 0.303 e. The second-order valence-corrected chi connectivity index (χ2v) is 3.06. The minimum Gasteiger partial charge on any atom is -0.481 e. The third-order valence-corrected chi connectivity index (χ3v) is 1.75. The average molecular weight is 191 g/mol. The third-order valence-electron chi connectivity index (χ3n) is 1.75. The molecular weight excluding hydrogens is 174 g/mol. The summed E-state index contributed by atoms with van der Waals surface area (Å²) >= 11 is 0. The Kier molecular flexibility index (Phi) is 6.48. The summed E-state index contributed by atoms with van der Waals surface area (Å²) in [6, 6.07) is -0.371. The molecule has 0 aliphatic rings. The van der Waals surface area contributed by atoms with Gasteiger partial charge in [0.05, 0.1) is 19.3 Å². The van der Waals surface area contributed by atoms with Crippen molar-refractivity contribution in [3.63, 3.8) is 0 Å². The number of carboxylic acids is 1. The van der Waals surface area contributed by atoms with Crippen LogP contribution >= 0.6 is 0 Å². The summed E-state index contributed by atoms with van der Waals surface area (Å²) in [4.78, 5) is 10.2. The highest BCUT2D eigenvalue weighted by Crippen LogP contribution is 1.97. The van der Waals surface area contributed by atoms with E-state index in [1.54, 1.807) is 0 Å². The second kappa shape index (κ2) is 6.82. The Morgan fingerprint density at radius 3 is 2.31 bits per heavy atom. The average Bonchev–Trinajstić information content (AvgIpc) is 2.10. The predicted octanol–water partition coefficient (Wildman–Crippen LogP) is -0.817. The Labute approximate surface area is 77.4 Å². The first-order chi connectivity index (χ1) is 6.10. The fourth-order valence-electron chi connectivity index (χ4n) is 0.989. The lowest BCUT2D eigenvalue weighted by Crippen LogP contribution is -2.41. The van der Waals surface area contributed by atoms with E-state index >= 15 is 0 Å². The van der Waals surface area contributed by atoms with Crippen LogP contribution in [0, 0.1) is 0 Å². The Morgan fingerprint density at radius 2 is 1.92 bits per heavy atom. The molecular formula is C8H17NO4. The van der Waals surface area contributed by atoms with Crippen molar-refractivity contribution in [1.29, 1.82) is 0 Å². The molecule has 78 valence electrons. The molecule has 0 radical (unpaired) electrons. The molecule has 0 heterocycles. The number of hydrogen-bond donors (Lipinski definition) is 4. The van der Waals surface area contributed by atoms with E-state index < -0.39 is 5.97 Å². The molecule has 1 unspecified atom stereocenters. The lowest BCUT2D eigenvalue weighted by atomic mass is 10.1. The summed E-state index contributed by atoms with van der Waals surface area (Å²) in [5.41, 5.74) is 0. The number of aliphatic hydroxyl groups excluding tert-OH is 2. The summed E-state index contributed by atoms with van der Waals surface area (Å²) in [6.45, 7) is 1.53. The molecule has 0 aromatic heterocycles. The zero-order valence-electron chi connectivity index (χ0n) is 7.73. The normalized spacial score (nSPS) is 13.2. The Balaban J connectivity index is 3.59. The van der Waals surface area contributed by atoms with Crippen molar-refractivity contribution in [3.8, 4) is 0 Å². The molecule has 0 fully saturated rings. The lowest BCUT2D eigenvalue weighted by Gasteiger charge is -2.18. The minimum atomic E-state index is -0.835. The molecule has 0 aromatic rings. The highest BCUT2D eigenvalue weighted by molar-refractivity contribution is 5.66. The number of carbonyl (C=O) groups is 1. The van der Waals surface area contributed by atoms with Crippen LogP contribution in [0.4, 0.5) is 0 Å². The van der Waals surface area contributed by atoms with Crippen molar-refractivity contribution in [2.24, 2.45) is 0 Å². The fourth-order valence-corrected chi connectivity index (χ4v) is 0.989. The van der Waals surface area contributed by atoms with Crippen molar-refractivity contribution >= 4 is 5.97 Å². The van der Waals surface area contributed by atoms with Gasteiger partial charge in [-0.1, -0.05) is 0 Å². The smallest absolute Gasteiger partial charge is 0.303 e. The molecule has 0 rings (SSSR count). The van der Waals surface area contributed by atoms with E-state index in [4.69, 9.17) is 15.3 Å². The van der Waals surface area contributed by atoms with Crippen molar-refractivity contribution in [2.45, 2.75) is 31.8 Å². The Hall–Kier alpha value is -0.650. The van der Waals surface area contributed by atoms with Crippen LogP contribution in [0.15, 0.2) is 0 Å². The molecule has 5 heteroatoms. The molecule has 1 atom stereocenters. The van der Waals surface area contributed by atoms with Gasteiger partial charge in [0.15, 0.2) is 0 Å². The van der Waals surface area contributed by atoms with Crippen molar-refractivity contribution < 1.29 is 20.1 Å². The summed E-state index contributed by atoms with van der Waals surface area (Å²) < 4.78 is 0. The number of aliphatic hydroxyl groups is 2. The maximum atomic E-state index is 10.2. The van der Waals surface area contributed by atoms with Crippen molar-refractivity contribution in [3.05, 3.63) is 0 Å². The van der Waals surface area contributed by atoms with E-state index in [1.165, 1.54) is 0 Å². The van der Waals surface area contributed by atoms with Crippen molar-refractivity contribution in [2.75, 3.05) is 13.2 Å². The maximum absolute atomic E-state index is 10.2. The van der Waals surface area contributed by atoms with Crippen LogP contribution < -0.4 is 5.32 Å². The first kappa shape index (κ1) is 12.3. The zero-order valence-corrected chi connectivity index (χ0v) is 7.73. The van der Waals surface area contributed by atoms with Crippen molar-refractivity contribution in [1.82, 2.24) is 5.32 Å². The molecule has 0 amide bonds. The summed E-state index contributed by atoms with van der Waals surface area (Å²) in [7, 11) is 0. The van der Waals surface area contributed by atoms with E-state index in [1.807, 2.05) is 6.92 Å². The number of aliphatic carboxylic acids is 1. The van der Waals surface area contributed by atoms with Gasteiger partial charge in [-0.05, 0) is 13.3 Å². The van der Waals surface area contributed by atoms with Crippen LogP contribution in [0.1, 0.15) is 19.8 Å². The Bertz CT molecular complexity index is 147. The first-order valence-electron chi connectivity index (χ1n) is 4.29. The lowest BCUT2D eigenvalue weighted by molar-refractivity contribution is -0.137. The zero-order chi connectivity index (χ0) is 10.3. The fraction of sp³-hybridized carbons (Fsp3) is 0.875. The summed E-state index contributed by atoms with van der Waals surface area (Å²) in [5, 5.41) is 28.7. The quantitative estimate of drug-likeness (QED) is 0.422. The van der Waals surface area contributed by atoms with Crippen LogP contribution in [0.5, 0.6) is 0 Å². The molecule has 13 heavy (non-hydrogen) atoms. The largest absolute Gasteiger partial charge is 0.481 e. The Morgan fingerprint density at radius 1 is 1.38 bits per heavy atom. The summed E-state index contributed by atoms with van der Waals surface area (Å²) in [5.74, 6) is -0.835. The van der Waals surface area contributed by atoms with Gasteiger partial charge in [-0.2, -0.15) is 0 Å². The van der Waals surface area contributed by atoms with Crippen LogP contribution in [-0.2, 0) is 4.79 Å². The van der Waals surface area contributed by atoms with E-state index in [2.05, 4.69) is 5.32 Å². The van der Waals surface area contributed by atoms with Crippen LogP contribution in [0.3, 0.4) is 0 Å². The molecule has 0 aliphatic carbocycles. The SMILES string of the molecule is CC(CCC(=O)O)NC(CO)CO. The summed E-state index contributed by atoms with van der Waals surface area (Å²) in [6.07, 6.45) is 0.587. The van der Waals surface area contributed by atoms with Gasteiger partial charge in [0, 0.05) is 12.5 Å². The molecule has 5 nitrogen and oxygen atoms in total. The van der Waals surface area contributed by atoms with Gasteiger partial charge >= 0.3 is 5.97 Å². The highest BCUT2D eigenvalue weighted by atomic mass is 16.4. The number of rotatable bonds is 7. The van der Waals surface area contributed by atoms with E-state index in [-0.39, 0.29) is 31.7 Å². The van der Waals surface area contributed by atoms with Gasteiger partial charge in [0.1, 0.15) is 0 Å². The molecule has 0 bridgehead atoms. The number of carboxylic acid groups (broad SMARTS) is 1. The van der Waals surface area contributed by atoms with Gasteiger partial charge in [0.2, 0.25) is 0 Å². The van der Waals surface area contributed by atoms with Crippen LogP contribution in [0.25, 0.3) is 0 Å². The first-order valence-corrected chi connectivity index (χ1v) is 4.29. The molecule has 0 spiro atoms. The molecule has 0 saturated carbocycles. The van der Waals surface area contributed by atoms with Crippen LogP contribution in [-0.4, -0.2) is 46.6 Å². The molecule has 0 aromatic carbocycles. The standard InChI is InChI=1S/C8H17NO4/c1-6(2-3-8(12)13)9-7(4-10)5-11/h6-7,9-11H,2-5H2,1H3,(H,12,13). The molecule has 0 aliphatic heterocycles. The van der Waals surface area contributed by atoms with Gasteiger partial charge in [-0.3, -0.25) is 4.79 Å². The van der Waals surface area contributed by atoms with Gasteiger partial charge in [0.25, 0.3) is 0 Å². The van der Waals surface area contributed by atoms with Crippen LogP contribution in [0.2, 0.25) is 0 Å². The molecule has 4 N–H and O–H groups in total. The third kappa shape index (κ3) is 6.51. The second-order valence-electron chi connectivity index (χ2n) is 3.06. The number of hydrogen-bond acceptors (Lipinski definition) is 4. The predicted molar refractivity (Wildman–Crippen MR) is 47.4 cm³/mol. The van der Waals surface area contributed by atoms with E-state index in [0.29, 0.717) is 6.42 Å². The van der Waals surface area contributed by atoms with Gasteiger partial charge in [-0.15, -0.1) is 0 Å². The van der Waals surface area contributed by atoms with Gasteiger partial charge < -0.3 is 20.6 Å². The monoisotopic (exact) mass is 191 g/mol. The van der Waals surface area contributed by atoms with E-state index in [0.717, 1.165) is 0 Å². The highest BCUT2D eigenvalue weighted by Gasteiger charge is 2.10. The number of nitrogens with one attached hydrogen (secondary N) is 1. The van der Waals surface area contributed by atoms with E-state index in [9.17, 15) is 4.79 Å². The molecule has 0 saturated heterocycles. The van der Waals surface area contributed by atoms with Gasteiger partial charge in [-0.25, -0.2) is 0 Å². The minimum absolute atomic E-state index is 0.0135. The topological polar surface area (TPSA) is 89.8 Å².